The number of hydrogen-bond acceptors (Lipinski definition) is 5. The minimum Gasteiger partial charge on any atom is -0.337 e. The first kappa shape index (κ1) is 17.2. The van der Waals surface area contributed by atoms with E-state index in [1.165, 1.54) is 11.1 Å². The summed E-state index contributed by atoms with van der Waals surface area (Å²) in [6.45, 7) is 4.87. The van der Waals surface area contributed by atoms with Gasteiger partial charge in [-0.25, -0.2) is 22.9 Å². The van der Waals surface area contributed by atoms with Crippen LogP contribution in [0.3, 0.4) is 0 Å². The van der Waals surface area contributed by atoms with Gasteiger partial charge >= 0.3 is 0 Å². The van der Waals surface area contributed by atoms with Crippen LogP contribution in [0.4, 0.5) is 0 Å². The number of fused-ring (bicyclic) bond motifs is 1. The molecule has 0 amide bonds. The monoisotopic (exact) mass is 374 g/mol. The quantitative estimate of drug-likeness (QED) is 0.696. The van der Waals surface area contributed by atoms with Crippen molar-refractivity contribution in [3.05, 3.63) is 41.7 Å². The van der Waals surface area contributed by atoms with Gasteiger partial charge in [0.25, 0.3) is 10.0 Å². The van der Waals surface area contributed by atoms with E-state index in [0.717, 1.165) is 18.5 Å². The standard InChI is InChI=1S/C17H22N6O2S/c1-12-8-16-18-11-19-23(16)9-15(12)14-4-6-22(7-5-14)26(24,25)17-10-21(3)13(2)20-17/h8-11,14H,4-7H2,1-3H3. The molecule has 0 radical (unpaired) electrons. The molecule has 1 aliphatic heterocycles. The van der Waals surface area contributed by atoms with Crippen LogP contribution in [0.15, 0.2) is 29.8 Å². The minimum absolute atomic E-state index is 0.135. The molecule has 0 bridgehead atoms. The predicted molar refractivity (Wildman–Crippen MR) is 96.4 cm³/mol. The van der Waals surface area contributed by atoms with Crippen molar-refractivity contribution in [2.24, 2.45) is 7.05 Å². The van der Waals surface area contributed by atoms with E-state index in [1.807, 2.05) is 12.3 Å². The summed E-state index contributed by atoms with van der Waals surface area (Å²) in [5, 5.41) is 4.34. The Morgan fingerprint density at radius 1 is 1.15 bits per heavy atom. The summed E-state index contributed by atoms with van der Waals surface area (Å²) in [7, 11) is -1.73. The minimum atomic E-state index is -3.53. The Kier molecular flexibility index (Phi) is 4.07. The largest absolute Gasteiger partial charge is 0.337 e. The van der Waals surface area contributed by atoms with Crippen molar-refractivity contribution in [1.29, 1.82) is 0 Å². The van der Waals surface area contributed by atoms with Gasteiger partial charge in [0, 0.05) is 32.5 Å². The van der Waals surface area contributed by atoms with Gasteiger partial charge in [-0.15, -0.1) is 0 Å². The van der Waals surface area contributed by atoms with Gasteiger partial charge in [-0.3, -0.25) is 0 Å². The van der Waals surface area contributed by atoms with E-state index < -0.39 is 10.0 Å². The molecular formula is C17H22N6O2S. The highest BCUT2D eigenvalue weighted by molar-refractivity contribution is 7.89. The Bertz CT molecular complexity index is 1040. The maximum absolute atomic E-state index is 12.8. The molecule has 26 heavy (non-hydrogen) atoms. The maximum Gasteiger partial charge on any atom is 0.262 e. The first-order chi connectivity index (χ1) is 12.4. The smallest absolute Gasteiger partial charge is 0.262 e. The molecule has 1 fully saturated rings. The molecule has 1 aliphatic rings. The molecule has 0 N–H and O–H groups in total. The molecule has 0 atom stereocenters. The van der Waals surface area contributed by atoms with Crippen molar-refractivity contribution in [2.45, 2.75) is 37.6 Å². The SMILES string of the molecule is Cc1cc2ncnn2cc1C1CCN(S(=O)(=O)c2cn(C)c(C)n2)CC1. The third kappa shape index (κ3) is 2.80. The fourth-order valence-corrected chi connectivity index (χ4v) is 5.08. The second-order valence-electron chi connectivity index (χ2n) is 6.89. The van der Waals surface area contributed by atoms with Crippen LogP contribution in [-0.2, 0) is 17.1 Å². The molecule has 4 rings (SSSR count). The van der Waals surface area contributed by atoms with Crippen LogP contribution in [0.25, 0.3) is 5.65 Å². The van der Waals surface area contributed by atoms with E-state index in [9.17, 15) is 8.42 Å². The summed E-state index contributed by atoms with van der Waals surface area (Å²) >= 11 is 0. The number of sulfonamides is 1. The summed E-state index contributed by atoms with van der Waals surface area (Å²) in [5.41, 5.74) is 3.22. The van der Waals surface area contributed by atoms with Crippen LogP contribution < -0.4 is 0 Å². The number of pyridine rings is 1. The highest BCUT2D eigenvalue weighted by Gasteiger charge is 2.32. The topological polar surface area (TPSA) is 85.4 Å². The van der Waals surface area contributed by atoms with Crippen LogP contribution in [0.5, 0.6) is 0 Å². The Hall–Kier alpha value is -2.26. The third-order valence-corrected chi connectivity index (χ3v) is 7.02. The van der Waals surface area contributed by atoms with E-state index in [0.29, 0.717) is 24.8 Å². The zero-order chi connectivity index (χ0) is 18.5. The average molecular weight is 374 g/mol. The Morgan fingerprint density at radius 2 is 1.88 bits per heavy atom. The van der Waals surface area contributed by atoms with E-state index >= 15 is 0 Å². The van der Waals surface area contributed by atoms with E-state index in [2.05, 4.69) is 22.0 Å². The highest BCUT2D eigenvalue weighted by atomic mass is 32.2. The van der Waals surface area contributed by atoms with Gasteiger partial charge < -0.3 is 4.57 Å². The zero-order valence-electron chi connectivity index (χ0n) is 15.1. The molecule has 0 spiro atoms. The lowest BCUT2D eigenvalue weighted by Crippen LogP contribution is -2.38. The van der Waals surface area contributed by atoms with E-state index in [-0.39, 0.29) is 5.03 Å². The lowest BCUT2D eigenvalue weighted by Gasteiger charge is -2.31. The molecule has 3 aromatic rings. The fraction of sp³-hybridized carbons (Fsp3) is 0.471. The number of rotatable bonds is 3. The van der Waals surface area contributed by atoms with Crippen molar-refractivity contribution >= 4 is 15.7 Å². The highest BCUT2D eigenvalue weighted by Crippen LogP contribution is 2.32. The Balaban J connectivity index is 1.54. The molecular weight excluding hydrogens is 352 g/mol. The summed E-state index contributed by atoms with van der Waals surface area (Å²) < 4.78 is 30.7. The summed E-state index contributed by atoms with van der Waals surface area (Å²) in [5.74, 6) is 1.01. The zero-order valence-corrected chi connectivity index (χ0v) is 15.9. The number of aromatic nitrogens is 5. The summed E-state index contributed by atoms with van der Waals surface area (Å²) in [6.07, 6.45) is 6.72. The van der Waals surface area contributed by atoms with Gasteiger partial charge in [-0.05, 0) is 49.8 Å². The number of imidazole rings is 1. The summed E-state index contributed by atoms with van der Waals surface area (Å²) in [6, 6.07) is 2.03. The van der Waals surface area contributed by atoms with Crippen molar-refractivity contribution < 1.29 is 8.42 Å². The average Bonchev–Trinajstić information content (AvgIpc) is 3.21. The molecule has 138 valence electrons. The van der Waals surface area contributed by atoms with Gasteiger partial charge in [0.2, 0.25) is 0 Å². The van der Waals surface area contributed by atoms with Crippen molar-refractivity contribution in [3.63, 3.8) is 0 Å². The third-order valence-electron chi connectivity index (χ3n) is 5.25. The molecule has 0 aromatic carbocycles. The Labute approximate surface area is 152 Å². The normalized spacial score (nSPS) is 17.2. The number of nitrogens with zero attached hydrogens (tertiary/aromatic N) is 6. The van der Waals surface area contributed by atoms with Crippen molar-refractivity contribution in [2.75, 3.05) is 13.1 Å². The molecule has 8 nitrogen and oxygen atoms in total. The van der Waals surface area contributed by atoms with Gasteiger partial charge in [0.1, 0.15) is 12.2 Å². The summed E-state index contributed by atoms with van der Waals surface area (Å²) in [4.78, 5) is 8.40. The Morgan fingerprint density at radius 3 is 2.54 bits per heavy atom. The van der Waals surface area contributed by atoms with Crippen LogP contribution in [0, 0.1) is 13.8 Å². The lowest BCUT2D eigenvalue weighted by atomic mass is 9.89. The van der Waals surface area contributed by atoms with Crippen LogP contribution >= 0.6 is 0 Å². The van der Waals surface area contributed by atoms with Gasteiger partial charge in [-0.1, -0.05) is 0 Å². The van der Waals surface area contributed by atoms with Crippen LogP contribution in [0.2, 0.25) is 0 Å². The van der Waals surface area contributed by atoms with Crippen LogP contribution in [0.1, 0.15) is 35.7 Å². The molecule has 0 aliphatic carbocycles. The first-order valence-electron chi connectivity index (χ1n) is 8.66. The number of aryl methyl sites for hydroxylation is 3. The lowest BCUT2D eigenvalue weighted by molar-refractivity contribution is 0.318. The molecule has 1 saturated heterocycles. The first-order valence-corrected chi connectivity index (χ1v) is 10.1. The second kappa shape index (κ2) is 6.17. The molecule has 3 aromatic heterocycles. The predicted octanol–water partition coefficient (Wildman–Crippen LogP) is 1.65. The van der Waals surface area contributed by atoms with E-state index in [4.69, 9.17) is 0 Å². The van der Waals surface area contributed by atoms with Gasteiger partial charge in [0.15, 0.2) is 10.7 Å². The second-order valence-corrected chi connectivity index (χ2v) is 8.78. The van der Waals surface area contributed by atoms with E-state index in [1.54, 1.807) is 39.9 Å². The van der Waals surface area contributed by atoms with Crippen LogP contribution in [-0.4, -0.2) is 50.0 Å². The van der Waals surface area contributed by atoms with Gasteiger partial charge in [-0.2, -0.15) is 9.40 Å². The molecule has 4 heterocycles. The fourth-order valence-electron chi connectivity index (χ4n) is 3.59. The van der Waals surface area contributed by atoms with Crippen molar-refractivity contribution in [3.8, 4) is 0 Å². The number of piperidine rings is 1. The maximum atomic E-state index is 12.8. The molecule has 9 heteroatoms. The molecule has 0 saturated carbocycles. The number of hydrogen-bond donors (Lipinski definition) is 0. The van der Waals surface area contributed by atoms with Crippen molar-refractivity contribution in [1.82, 2.24) is 28.5 Å². The van der Waals surface area contributed by atoms with Gasteiger partial charge in [0.05, 0.1) is 0 Å². The molecule has 0 unspecified atom stereocenters.